The molecule has 262 valence electrons. The SMILES string of the molecule is CC(C)(C)OC(=O)NC(Cc1ccc(O)cc1)C(=O)N(C1CC1)C(C(=O)NC(Cc1ccccc1)C(=O)OC(C)(C)C)c1ccc(O)cc1. The van der Waals surface area contributed by atoms with Crippen LogP contribution in [-0.2, 0) is 36.7 Å². The fraction of sp³-hybridized carbons (Fsp3) is 0.421. The number of carbonyl (C=O) groups excluding carboxylic acids is 4. The van der Waals surface area contributed by atoms with E-state index in [2.05, 4.69) is 10.6 Å². The van der Waals surface area contributed by atoms with Gasteiger partial charge in [-0.2, -0.15) is 0 Å². The van der Waals surface area contributed by atoms with Crippen molar-refractivity contribution in [2.45, 2.75) is 103 Å². The lowest BCUT2D eigenvalue weighted by Crippen LogP contribution is -2.56. The van der Waals surface area contributed by atoms with Crippen molar-refractivity contribution in [1.82, 2.24) is 15.5 Å². The van der Waals surface area contributed by atoms with Crippen molar-refractivity contribution in [3.63, 3.8) is 0 Å². The molecule has 11 nitrogen and oxygen atoms in total. The third kappa shape index (κ3) is 11.3. The van der Waals surface area contributed by atoms with E-state index >= 15 is 0 Å². The second kappa shape index (κ2) is 15.4. The topological polar surface area (TPSA) is 154 Å². The molecule has 0 saturated heterocycles. The third-order valence-electron chi connectivity index (χ3n) is 7.59. The monoisotopic (exact) mass is 673 g/mol. The number of nitrogens with zero attached hydrogens (tertiary/aromatic N) is 1. The van der Waals surface area contributed by atoms with Gasteiger partial charge in [0.1, 0.15) is 40.8 Å². The molecular weight excluding hydrogens is 626 g/mol. The van der Waals surface area contributed by atoms with Gasteiger partial charge in [-0.15, -0.1) is 0 Å². The van der Waals surface area contributed by atoms with Gasteiger partial charge >= 0.3 is 12.1 Å². The van der Waals surface area contributed by atoms with Crippen LogP contribution in [0.25, 0.3) is 0 Å². The summed E-state index contributed by atoms with van der Waals surface area (Å²) in [5.74, 6) is -1.77. The van der Waals surface area contributed by atoms with Gasteiger partial charge in [-0.3, -0.25) is 9.59 Å². The fourth-order valence-corrected chi connectivity index (χ4v) is 5.33. The highest BCUT2D eigenvalue weighted by Crippen LogP contribution is 2.36. The molecule has 1 fully saturated rings. The molecule has 4 rings (SSSR count). The molecule has 49 heavy (non-hydrogen) atoms. The van der Waals surface area contributed by atoms with E-state index < -0.39 is 53.2 Å². The van der Waals surface area contributed by atoms with E-state index in [1.807, 2.05) is 30.3 Å². The van der Waals surface area contributed by atoms with Crippen molar-refractivity contribution in [3.8, 4) is 11.5 Å². The fourth-order valence-electron chi connectivity index (χ4n) is 5.33. The summed E-state index contributed by atoms with van der Waals surface area (Å²) in [6.45, 7) is 10.4. The molecule has 0 radical (unpaired) electrons. The zero-order chi connectivity index (χ0) is 35.9. The van der Waals surface area contributed by atoms with Crippen LogP contribution in [0.1, 0.15) is 77.1 Å². The minimum atomic E-state index is -1.23. The van der Waals surface area contributed by atoms with Crippen molar-refractivity contribution in [2.75, 3.05) is 0 Å². The summed E-state index contributed by atoms with van der Waals surface area (Å²) in [6, 6.07) is 17.6. The van der Waals surface area contributed by atoms with Crippen molar-refractivity contribution in [1.29, 1.82) is 0 Å². The van der Waals surface area contributed by atoms with Crippen molar-refractivity contribution >= 4 is 23.9 Å². The molecule has 11 heteroatoms. The highest BCUT2D eigenvalue weighted by Gasteiger charge is 2.45. The maximum atomic E-state index is 14.7. The predicted molar refractivity (Wildman–Crippen MR) is 184 cm³/mol. The normalized spacial score (nSPS) is 14.9. The summed E-state index contributed by atoms with van der Waals surface area (Å²) in [4.78, 5) is 57.2. The number of amides is 3. The largest absolute Gasteiger partial charge is 0.508 e. The predicted octanol–water partition coefficient (Wildman–Crippen LogP) is 5.34. The number of alkyl carbamates (subject to hydrolysis) is 1. The Hall–Kier alpha value is -5.06. The third-order valence-corrected chi connectivity index (χ3v) is 7.59. The molecule has 3 unspecified atom stereocenters. The molecule has 3 amide bonds. The first kappa shape index (κ1) is 36.8. The first-order valence-electron chi connectivity index (χ1n) is 16.4. The summed E-state index contributed by atoms with van der Waals surface area (Å²) in [5.41, 5.74) is 0.194. The second-order valence-electron chi connectivity index (χ2n) is 14.3. The Bertz CT molecular complexity index is 1590. The van der Waals surface area contributed by atoms with Gasteiger partial charge in [-0.05, 0) is 95.3 Å². The summed E-state index contributed by atoms with van der Waals surface area (Å²) >= 11 is 0. The van der Waals surface area contributed by atoms with Crippen LogP contribution in [0, 0.1) is 0 Å². The van der Waals surface area contributed by atoms with Crippen molar-refractivity contribution in [2.24, 2.45) is 0 Å². The van der Waals surface area contributed by atoms with Crippen LogP contribution < -0.4 is 10.6 Å². The quantitative estimate of drug-likeness (QED) is 0.188. The van der Waals surface area contributed by atoms with Gasteiger partial charge < -0.3 is 35.2 Å². The summed E-state index contributed by atoms with van der Waals surface area (Å²) in [7, 11) is 0. The average molecular weight is 674 g/mol. The van der Waals surface area contributed by atoms with Crippen LogP contribution in [0.5, 0.6) is 11.5 Å². The number of nitrogens with one attached hydrogen (secondary N) is 2. The molecule has 0 aromatic heterocycles. The minimum absolute atomic E-state index is 0.0280. The van der Waals surface area contributed by atoms with Gasteiger partial charge in [-0.1, -0.05) is 54.6 Å². The first-order valence-corrected chi connectivity index (χ1v) is 16.4. The lowest BCUT2D eigenvalue weighted by Gasteiger charge is -2.35. The molecule has 0 bridgehead atoms. The van der Waals surface area contributed by atoms with Crippen LogP contribution in [0.3, 0.4) is 0 Å². The molecule has 1 aliphatic rings. The van der Waals surface area contributed by atoms with Gasteiger partial charge in [0.25, 0.3) is 0 Å². The number of aromatic hydroxyl groups is 2. The number of esters is 1. The summed E-state index contributed by atoms with van der Waals surface area (Å²) in [6.07, 6.45) is 0.612. The van der Waals surface area contributed by atoms with Crippen molar-refractivity contribution in [3.05, 3.63) is 95.6 Å². The summed E-state index contributed by atoms with van der Waals surface area (Å²) < 4.78 is 11.2. The van der Waals surface area contributed by atoms with E-state index in [0.29, 0.717) is 24.0 Å². The van der Waals surface area contributed by atoms with Gasteiger partial charge in [0, 0.05) is 18.9 Å². The molecule has 1 aliphatic carbocycles. The number of hydrogen-bond donors (Lipinski definition) is 4. The summed E-state index contributed by atoms with van der Waals surface area (Å²) in [5, 5.41) is 25.5. The Morgan fingerprint density at radius 1 is 0.714 bits per heavy atom. The average Bonchev–Trinajstić information content (AvgIpc) is 3.84. The number of ether oxygens (including phenoxy) is 2. The lowest BCUT2D eigenvalue weighted by molar-refractivity contribution is -0.159. The highest BCUT2D eigenvalue weighted by atomic mass is 16.6. The van der Waals surface area contributed by atoms with Crippen LogP contribution in [0.4, 0.5) is 4.79 Å². The molecule has 0 heterocycles. The van der Waals surface area contributed by atoms with Gasteiger partial charge in [0.15, 0.2) is 0 Å². The van der Waals surface area contributed by atoms with Gasteiger partial charge in [0.2, 0.25) is 11.8 Å². The Morgan fingerprint density at radius 2 is 1.22 bits per heavy atom. The maximum absolute atomic E-state index is 14.7. The molecule has 0 aliphatic heterocycles. The van der Waals surface area contributed by atoms with Crippen LogP contribution in [0.2, 0.25) is 0 Å². The van der Waals surface area contributed by atoms with Crippen LogP contribution >= 0.6 is 0 Å². The van der Waals surface area contributed by atoms with E-state index in [4.69, 9.17) is 9.47 Å². The Morgan fingerprint density at radius 3 is 1.76 bits per heavy atom. The first-order chi connectivity index (χ1) is 23.0. The number of hydrogen-bond acceptors (Lipinski definition) is 8. The number of benzene rings is 3. The maximum Gasteiger partial charge on any atom is 0.408 e. The highest BCUT2D eigenvalue weighted by molar-refractivity contribution is 5.94. The number of phenolic OH excluding ortho intramolecular Hbond substituents is 2. The Kier molecular flexibility index (Phi) is 11.6. The van der Waals surface area contributed by atoms with E-state index in [1.165, 1.54) is 29.2 Å². The van der Waals surface area contributed by atoms with Crippen LogP contribution in [-0.4, -0.2) is 68.3 Å². The number of phenols is 2. The zero-order valence-corrected chi connectivity index (χ0v) is 28.9. The van der Waals surface area contributed by atoms with Crippen molar-refractivity contribution < 1.29 is 38.9 Å². The molecule has 3 aromatic carbocycles. The Balaban J connectivity index is 1.73. The number of rotatable bonds is 12. The molecule has 3 aromatic rings. The van der Waals surface area contributed by atoms with Gasteiger partial charge in [-0.25, -0.2) is 9.59 Å². The zero-order valence-electron chi connectivity index (χ0n) is 28.9. The van der Waals surface area contributed by atoms with E-state index in [9.17, 15) is 29.4 Å². The molecule has 0 spiro atoms. The Labute approximate surface area is 287 Å². The number of carbonyl (C=O) groups is 4. The second-order valence-corrected chi connectivity index (χ2v) is 14.3. The molecule has 1 saturated carbocycles. The molecule has 3 atom stereocenters. The van der Waals surface area contributed by atoms with E-state index in [1.54, 1.807) is 65.8 Å². The smallest absolute Gasteiger partial charge is 0.408 e. The van der Waals surface area contributed by atoms with Gasteiger partial charge in [0.05, 0.1) is 0 Å². The molecule has 4 N–H and O–H groups in total. The van der Waals surface area contributed by atoms with E-state index in [-0.39, 0.29) is 30.4 Å². The lowest BCUT2D eigenvalue weighted by atomic mass is 9.99. The van der Waals surface area contributed by atoms with E-state index in [0.717, 1.165) is 5.56 Å². The van der Waals surface area contributed by atoms with Crippen LogP contribution in [0.15, 0.2) is 78.9 Å². The molecular formula is C38H47N3O8. The minimum Gasteiger partial charge on any atom is -0.508 e. The standard InChI is InChI=1S/C38H47N3O8/c1-37(2,3)48-35(46)31(23-24-10-8-7-9-11-24)39-33(44)32(26-14-20-29(43)21-15-26)41(27-16-17-27)34(45)30(40-36(47)49-38(4,5)6)22-25-12-18-28(42)19-13-25/h7-15,18-21,27,30-32,42-43H,16-17,22-23H2,1-6H3,(H,39,44)(H,40,47).